The summed E-state index contributed by atoms with van der Waals surface area (Å²) in [6.07, 6.45) is 0.629. The number of amides is 2. The van der Waals surface area contributed by atoms with E-state index < -0.39 is 11.9 Å². The molecular formula is C19H22N2O3. The Kier molecular flexibility index (Phi) is 4.69. The molecular weight excluding hydrogens is 304 g/mol. The van der Waals surface area contributed by atoms with Crippen molar-refractivity contribution in [2.75, 3.05) is 13.1 Å². The molecule has 0 spiro atoms. The number of nitrogens with one attached hydrogen (secondary N) is 1. The Morgan fingerprint density at radius 3 is 2.67 bits per heavy atom. The number of benzene rings is 2. The lowest BCUT2D eigenvalue weighted by molar-refractivity contribution is -0.143. The summed E-state index contributed by atoms with van der Waals surface area (Å²) in [4.78, 5) is 25.2. The molecule has 0 bridgehead atoms. The van der Waals surface area contributed by atoms with Gasteiger partial charge in [0.05, 0.1) is 5.92 Å². The topological polar surface area (TPSA) is 69.6 Å². The van der Waals surface area contributed by atoms with Gasteiger partial charge in [-0.15, -0.1) is 0 Å². The molecule has 0 aromatic heterocycles. The van der Waals surface area contributed by atoms with Crippen molar-refractivity contribution in [1.29, 1.82) is 0 Å². The SMILES string of the molecule is CC1CC(C(=O)O)CN(C(=O)NCc2ccc3ccccc3c2)C1. The maximum Gasteiger partial charge on any atom is 0.317 e. The van der Waals surface area contributed by atoms with Gasteiger partial charge in [-0.2, -0.15) is 0 Å². The van der Waals surface area contributed by atoms with E-state index in [9.17, 15) is 14.7 Å². The maximum absolute atomic E-state index is 12.4. The fourth-order valence-electron chi connectivity index (χ4n) is 3.33. The zero-order valence-electron chi connectivity index (χ0n) is 13.7. The highest BCUT2D eigenvalue weighted by Gasteiger charge is 2.31. The normalized spacial score (nSPS) is 20.8. The Morgan fingerprint density at radius 2 is 1.92 bits per heavy atom. The Bertz CT molecular complexity index is 759. The van der Waals surface area contributed by atoms with Gasteiger partial charge in [-0.05, 0) is 34.7 Å². The van der Waals surface area contributed by atoms with E-state index in [4.69, 9.17) is 0 Å². The number of carbonyl (C=O) groups is 2. The third-order valence-electron chi connectivity index (χ3n) is 4.55. The minimum atomic E-state index is -0.825. The first-order valence-corrected chi connectivity index (χ1v) is 8.26. The van der Waals surface area contributed by atoms with Crippen molar-refractivity contribution in [3.8, 4) is 0 Å². The first-order valence-electron chi connectivity index (χ1n) is 8.26. The van der Waals surface area contributed by atoms with E-state index in [1.807, 2.05) is 37.3 Å². The summed E-state index contributed by atoms with van der Waals surface area (Å²) >= 11 is 0. The van der Waals surface area contributed by atoms with Crippen LogP contribution in [0.5, 0.6) is 0 Å². The number of carboxylic acids is 1. The van der Waals surface area contributed by atoms with Crippen LogP contribution in [0.4, 0.5) is 4.79 Å². The van der Waals surface area contributed by atoms with E-state index in [0.29, 0.717) is 19.5 Å². The van der Waals surface area contributed by atoms with Crippen LogP contribution in [0.2, 0.25) is 0 Å². The Morgan fingerprint density at radius 1 is 1.17 bits per heavy atom. The average Bonchev–Trinajstić information content (AvgIpc) is 2.58. The van der Waals surface area contributed by atoms with Crippen molar-refractivity contribution in [3.63, 3.8) is 0 Å². The van der Waals surface area contributed by atoms with Gasteiger partial charge in [0.15, 0.2) is 0 Å². The lowest BCUT2D eigenvalue weighted by Crippen LogP contribution is -2.49. The average molecular weight is 326 g/mol. The smallest absolute Gasteiger partial charge is 0.317 e. The lowest BCUT2D eigenvalue weighted by atomic mass is 9.91. The summed E-state index contributed by atoms with van der Waals surface area (Å²) in [5, 5.41) is 14.4. The number of piperidine rings is 1. The number of carbonyl (C=O) groups excluding carboxylic acids is 1. The molecule has 24 heavy (non-hydrogen) atoms. The fraction of sp³-hybridized carbons (Fsp3) is 0.368. The predicted octanol–water partition coefficient (Wildman–Crippen LogP) is 3.09. The highest BCUT2D eigenvalue weighted by Crippen LogP contribution is 2.22. The summed E-state index contributed by atoms with van der Waals surface area (Å²) in [6, 6.07) is 14.0. The second-order valence-corrected chi connectivity index (χ2v) is 6.62. The standard InChI is InChI=1S/C19H22N2O3/c1-13-8-17(18(22)23)12-21(11-13)19(24)20-10-14-6-7-15-4-2-3-5-16(15)9-14/h2-7,9,13,17H,8,10-12H2,1H3,(H,20,24)(H,22,23). The van der Waals surface area contributed by atoms with E-state index in [1.165, 1.54) is 5.39 Å². The van der Waals surface area contributed by atoms with E-state index in [0.717, 1.165) is 10.9 Å². The summed E-state index contributed by atoms with van der Waals surface area (Å²) < 4.78 is 0. The third-order valence-corrected chi connectivity index (χ3v) is 4.55. The molecule has 3 rings (SSSR count). The molecule has 0 saturated carbocycles. The number of hydrogen-bond donors (Lipinski definition) is 2. The number of fused-ring (bicyclic) bond motifs is 1. The molecule has 2 unspecified atom stereocenters. The first kappa shape index (κ1) is 16.3. The zero-order chi connectivity index (χ0) is 17.1. The van der Waals surface area contributed by atoms with Gasteiger partial charge in [-0.25, -0.2) is 4.79 Å². The maximum atomic E-state index is 12.4. The van der Waals surface area contributed by atoms with Crippen LogP contribution in [0.1, 0.15) is 18.9 Å². The highest BCUT2D eigenvalue weighted by molar-refractivity contribution is 5.83. The molecule has 2 amide bonds. The Balaban J connectivity index is 1.62. The fourth-order valence-corrected chi connectivity index (χ4v) is 3.33. The van der Waals surface area contributed by atoms with Crippen LogP contribution < -0.4 is 5.32 Å². The zero-order valence-corrected chi connectivity index (χ0v) is 13.7. The molecule has 2 aromatic carbocycles. The molecule has 5 heteroatoms. The second kappa shape index (κ2) is 6.91. The third kappa shape index (κ3) is 3.67. The van der Waals surface area contributed by atoms with Gasteiger partial charge in [0, 0.05) is 19.6 Å². The molecule has 126 valence electrons. The Hall–Kier alpha value is -2.56. The van der Waals surface area contributed by atoms with E-state index in [2.05, 4.69) is 17.4 Å². The molecule has 1 aliphatic heterocycles. The number of nitrogens with zero attached hydrogens (tertiary/aromatic N) is 1. The van der Waals surface area contributed by atoms with Gasteiger partial charge < -0.3 is 15.3 Å². The number of hydrogen-bond acceptors (Lipinski definition) is 2. The molecule has 1 heterocycles. The molecule has 0 aliphatic carbocycles. The van der Waals surface area contributed by atoms with Crippen LogP contribution in [0.15, 0.2) is 42.5 Å². The second-order valence-electron chi connectivity index (χ2n) is 6.62. The summed E-state index contributed by atoms with van der Waals surface area (Å²) in [7, 11) is 0. The highest BCUT2D eigenvalue weighted by atomic mass is 16.4. The first-order chi connectivity index (χ1) is 11.5. The predicted molar refractivity (Wildman–Crippen MR) is 92.7 cm³/mol. The number of carboxylic acid groups (broad SMARTS) is 1. The van der Waals surface area contributed by atoms with Crippen molar-refractivity contribution < 1.29 is 14.7 Å². The molecule has 1 saturated heterocycles. The number of aliphatic carboxylic acids is 1. The van der Waals surface area contributed by atoms with Gasteiger partial charge in [-0.1, -0.05) is 43.3 Å². The van der Waals surface area contributed by atoms with Crippen LogP contribution >= 0.6 is 0 Å². The van der Waals surface area contributed by atoms with Gasteiger partial charge in [0.25, 0.3) is 0 Å². The van der Waals surface area contributed by atoms with Crippen LogP contribution in [-0.4, -0.2) is 35.1 Å². The number of likely N-dealkylation sites (tertiary alicyclic amines) is 1. The van der Waals surface area contributed by atoms with Crippen LogP contribution in [-0.2, 0) is 11.3 Å². The Labute approximate surface area is 141 Å². The minimum absolute atomic E-state index is 0.194. The van der Waals surface area contributed by atoms with Gasteiger partial charge in [0.2, 0.25) is 0 Å². The molecule has 2 atom stereocenters. The van der Waals surface area contributed by atoms with Gasteiger partial charge in [0.1, 0.15) is 0 Å². The number of urea groups is 1. The van der Waals surface area contributed by atoms with Crippen molar-refractivity contribution >= 4 is 22.8 Å². The van der Waals surface area contributed by atoms with Crippen molar-refractivity contribution in [3.05, 3.63) is 48.0 Å². The van der Waals surface area contributed by atoms with E-state index in [-0.39, 0.29) is 18.5 Å². The van der Waals surface area contributed by atoms with Crippen LogP contribution in [0.3, 0.4) is 0 Å². The molecule has 2 N–H and O–H groups in total. The summed E-state index contributed by atoms with van der Waals surface area (Å²) in [5.74, 6) is -1.10. The van der Waals surface area contributed by atoms with E-state index in [1.54, 1.807) is 4.90 Å². The van der Waals surface area contributed by atoms with Gasteiger partial charge >= 0.3 is 12.0 Å². The van der Waals surface area contributed by atoms with Crippen LogP contribution in [0.25, 0.3) is 10.8 Å². The van der Waals surface area contributed by atoms with Crippen molar-refractivity contribution in [1.82, 2.24) is 10.2 Å². The number of rotatable bonds is 3. The molecule has 1 fully saturated rings. The quantitative estimate of drug-likeness (QED) is 0.910. The van der Waals surface area contributed by atoms with Crippen molar-refractivity contribution in [2.24, 2.45) is 11.8 Å². The van der Waals surface area contributed by atoms with E-state index >= 15 is 0 Å². The molecule has 1 aliphatic rings. The lowest BCUT2D eigenvalue weighted by Gasteiger charge is -2.34. The molecule has 0 radical (unpaired) electrons. The summed E-state index contributed by atoms with van der Waals surface area (Å²) in [5.41, 5.74) is 1.03. The van der Waals surface area contributed by atoms with Gasteiger partial charge in [-0.3, -0.25) is 4.79 Å². The monoisotopic (exact) mass is 326 g/mol. The van der Waals surface area contributed by atoms with Crippen molar-refractivity contribution in [2.45, 2.75) is 19.9 Å². The molecule has 2 aromatic rings. The molecule has 5 nitrogen and oxygen atoms in total. The minimum Gasteiger partial charge on any atom is -0.481 e. The summed E-state index contributed by atoms with van der Waals surface area (Å²) in [6.45, 7) is 3.31. The van der Waals surface area contributed by atoms with Crippen LogP contribution in [0, 0.1) is 11.8 Å². The largest absolute Gasteiger partial charge is 0.481 e.